The van der Waals surface area contributed by atoms with Crippen molar-refractivity contribution in [1.29, 1.82) is 0 Å². The van der Waals surface area contributed by atoms with Crippen molar-refractivity contribution in [1.82, 2.24) is 10.7 Å². The average Bonchev–Trinajstić information content (AvgIpc) is 2.61. The Kier molecular flexibility index (Phi) is 6.66. The zero-order valence-corrected chi connectivity index (χ0v) is 14.9. The van der Waals surface area contributed by atoms with E-state index in [1.807, 2.05) is 0 Å². The Balaban J connectivity index is 1.33. The van der Waals surface area contributed by atoms with Crippen molar-refractivity contribution in [3.8, 4) is 0 Å². The van der Waals surface area contributed by atoms with Crippen molar-refractivity contribution >= 4 is 23.0 Å². The highest BCUT2D eigenvalue weighted by Gasteiger charge is 2.30. The first-order valence-corrected chi connectivity index (χ1v) is 9.72. The fourth-order valence-corrected chi connectivity index (χ4v) is 4.37. The molecule has 1 aliphatic heterocycles. The lowest BCUT2D eigenvalue weighted by molar-refractivity contribution is -0.906. The molecule has 6 heteroatoms. The molecule has 2 aliphatic carbocycles. The van der Waals surface area contributed by atoms with Crippen LogP contribution in [0.5, 0.6) is 0 Å². The van der Waals surface area contributed by atoms with E-state index in [1.54, 1.807) is 4.90 Å². The lowest BCUT2D eigenvalue weighted by atomic mass is 9.70. The Morgan fingerprint density at radius 3 is 2.78 bits per heavy atom. The third kappa shape index (κ3) is 5.40. The number of thiocarbonyl (C=S) groups is 1. The molecule has 0 aromatic heterocycles. The maximum absolute atomic E-state index is 5.37. The Hall–Kier alpha value is -0.720. The van der Waals surface area contributed by atoms with E-state index in [2.05, 4.69) is 15.8 Å². The maximum atomic E-state index is 5.37. The Morgan fingerprint density at radius 2 is 1.96 bits per heavy atom. The molecular weight excluding hydrogens is 308 g/mol. The van der Waals surface area contributed by atoms with Crippen molar-refractivity contribution in [2.45, 2.75) is 44.9 Å². The van der Waals surface area contributed by atoms with Crippen molar-refractivity contribution in [3.63, 3.8) is 0 Å². The maximum Gasteiger partial charge on any atom is 0.187 e. The second-order valence-corrected chi connectivity index (χ2v) is 7.61. The van der Waals surface area contributed by atoms with Gasteiger partial charge in [-0.25, -0.2) is 0 Å². The molecule has 5 nitrogen and oxygen atoms in total. The number of nitrogens with one attached hydrogen (secondary N) is 3. The Morgan fingerprint density at radius 1 is 1.17 bits per heavy atom. The van der Waals surface area contributed by atoms with Crippen LogP contribution >= 0.6 is 12.2 Å². The van der Waals surface area contributed by atoms with Crippen LogP contribution in [0.3, 0.4) is 0 Å². The summed E-state index contributed by atoms with van der Waals surface area (Å²) in [5.41, 5.74) is 4.38. The van der Waals surface area contributed by atoms with E-state index in [-0.39, 0.29) is 0 Å². The van der Waals surface area contributed by atoms with Gasteiger partial charge >= 0.3 is 0 Å². The first-order valence-electron chi connectivity index (χ1n) is 9.32. The predicted octanol–water partition coefficient (Wildman–Crippen LogP) is 0.712. The van der Waals surface area contributed by atoms with Gasteiger partial charge in [0.15, 0.2) is 5.11 Å². The fraction of sp³-hybridized carbons (Fsp3) is 0.882. The molecule has 3 N–H and O–H groups in total. The van der Waals surface area contributed by atoms with Gasteiger partial charge in [0.1, 0.15) is 13.1 Å². The first-order chi connectivity index (χ1) is 11.3. The summed E-state index contributed by atoms with van der Waals surface area (Å²) >= 11 is 5.34. The molecule has 3 rings (SSSR count). The summed E-state index contributed by atoms with van der Waals surface area (Å²) in [6.07, 6.45) is 9.33. The number of nitrogens with zero attached hydrogens (tertiary/aromatic N) is 1. The normalized spacial score (nSPS) is 30.7. The monoisotopic (exact) mass is 339 g/mol. The molecule has 1 heterocycles. The average molecular weight is 340 g/mol. The van der Waals surface area contributed by atoms with E-state index in [9.17, 15) is 0 Å². The van der Waals surface area contributed by atoms with Crippen molar-refractivity contribution in [2.75, 3.05) is 39.4 Å². The summed E-state index contributed by atoms with van der Waals surface area (Å²) in [7, 11) is 0. The van der Waals surface area contributed by atoms with Crippen molar-refractivity contribution in [2.24, 2.45) is 16.9 Å². The molecule has 0 unspecified atom stereocenters. The molecule has 0 bridgehead atoms. The topological polar surface area (TPSA) is 50.1 Å². The zero-order valence-electron chi connectivity index (χ0n) is 14.1. The largest absolute Gasteiger partial charge is 0.370 e. The summed E-state index contributed by atoms with van der Waals surface area (Å²) in [5.74, 6) is 1.84. The van der Waals surface area contributed by atoms with E-state index in [1.165, 1.54) is 44.2 Å². The molecular formula is C17H31N4OS+. The third-order valence-corrected chi connectivity index (χ3v) is 5.88. The lowest BCUT2D eigenvalue weighted by Crippen LogP contribution is -3.14. The molecule has 23 heavy (non-hydrogen) atoms. The summed E-state index contributed by atoms with van der Waals surface area (Å²) in [5, 5.41) is 8.52. The summed E-state index contributed by atoms with van der Waals surface area (Å²) < 4.78 is 5.37. The summed E-state index contributed by atoms with van der Waals surface area (Å²) in [4.78, 5) is 1.59. The molecule has 130 valence electrons. The van der Waals surface area contributed by atoms with E-state index < -0.39 is 0 Å². The Bertz CT molecular complexity index is 423. The predicted molar refractivity (Wildman–Crippen MR) is 96.9 cm³/mol. The molecule has 2 saturated carbocycles. The number of hydrazone groups is 1. The van der Waals surface area contributed by atoms with Gasteiger partial charge in [-0.3, -0.25) is 5.43 Å². The quantitative estimate of drug-likeness (QED) is 0.522. The van der Waals surface area contributed by atoms with E-state index in [4.69, 9.17) is 17.0 Å². The van der Waals surface area contributed by atoms with Gasteiger partial charge in [-0.2, -0.15) is 5.10 Å². The van der Waals surface area contributed by atoms with Gasteiger partial charge in [0.2, 0.25) is 0 Å². The number of morpholine rings is 1. The second-order valence-electron chi connectivity index (χ2n) is 7.21. The van der Waals surface area contributed by atoms with E-state index >= 15 is 0 Å². The minimum absolute atomic E-state index is 0.663. The van der Waals surface area contributed by atoms with E-state index in [0.29, 0.717) is 5.11 Å². The minimum atomic E-state index is 0.663. The van der Waals surface area contributed by atoms with Gasteiger partial charge < -0.3 is 15.0 Å². The standard InChI is InChI=1S/C17H30N4OS/c23-17(18-7-8-21-9-11-22-12-10-21)20-19-16-6-5-14-3-1-2-4-15(14)13-16/h14-15H,1-13H2,(H2,18,20,23)/p+1/b19-16-/t14-,15+/m1/s1. The molecule has 0 spiro atoms. The van der Waals surface area contributed by atoms with Gasteiger partial charge in [0, 0.05) is 5.71 Å². The fourth-order valence-electron chi connectivity index (χ4n) is 4.22. The smallest absolute Gasteiger partial charge is 0.187 e. The minimum Gasteiger partial charge on any atom is -0.370 e. The number of hydrogen-bond donors (Lipinski definition) is 3. The van der Waals surface area contributed by atoms with Crippen LogP contribution in [0.1, 0.15) is 44.9 Å². The van der Waals surface area contributed by atoms with Crippen LogP contribution in [-0.4, -0.2) is 50.2 Å². The van der Waals surface area contributed by atoms with E-state index in [0.717, 1.165) is 57.6 Å². The first kappa shape index (κ1) is 17.1. The highest BCUT2D eigenvalue weighted by molar-refractivity contribution is 7.80. The van der Waals surface area contributed by atoms with Gasteiger partial charge in [0.25, 0.3) is 0 Å². The molecule has 0 aromatic rings. The van der Waals surface area contributed by atoms with Crippen molar-refractivity contribution in [3.05, 3.63) is 0 Å². The lowest BCUT2D eigenvalue weighted by Gasteiger charge is -2.35. The Labute approximate surface area is 145 Å². The van der Waals surface area contributed by atoms with Crippen molar-refractivity contribution < 1.29 is 9.64 Å². The molecule has 1 saturated heterocycles. The molecule has 0 amide bonds. The molecule has 2 atom stereocenters. The number of fused-ring (bicyclic) bond motifs is 1. The molecule has 0 aromatic carbocycles. The number of rotatable bonds is 4. The molecule has 3 aliphatic rings. The zero-order chi connectivity index (χ0) is 15.9. The van der Waals surface area contributed by atoms with Crippen LogP contribution in [0.15, 0.2) is 5.10 Å². The van der Waals surface area contributed by atoms with Crippen LogP contribution in [0.4, 0.5) is 0 Å². The number of hydrogen-bond acceptors (Lipinski definition) is 3. The number of ether oxygens (including phenoxy) is 1. The summed E-state index contributed by atoms with van der Waals surface area (Å²) in [6, 6.07) is 0. The SMILES string of the molecule is S=C(NCC[NH+]1CCOCC1)N/N=C1/CC[C@H]2CCCC[C@H]2C1. The van der Waals surface area contributed by atoms with Gasteiger partial charge in [0.05, 0.1) is 26.3 Å². The third-order valence-electron chi connectivity index (χ3n) is 5.65. The molecule has 0 radical (unpaired) electrons. The highest BCUT2D eigenvalue weighted by atomic mass is 32.1. The van der Waals surface area contributed by atoms with Crippen LogP contribution in [0.2, 0.25) is 0 Å². The second kappa shape index (κ2) is 8.94. The van der Waals surface area contributed by atoms with Gasteiger partial charge in [-0.1, -0.05) is 19.3 Å². The van der Waals surface area contributed by atoms with Gasteiger partial charge in [-0.05, 0) is 49.7 Å². The van der Waals surface area contributed by atoms with Gasteiger partial charge in [-0.15, -0.1) is 0 Å². The molecule has 3 fully saturated rings. The van der Waals surface area contributed by atoms with Crippen LogP contribution in [-0.2, 0) is 4.74 Å². The van der Waals surface area contributed by atoms with Crippen LogP contribution in [0, 0.1) is 11.8 Å². The summed E-state index contributed by atoms with van der Waals surface area (Å²) in [6.45, 7) is 5.96. The highest BCUT2D eigenvalue weighted by Crippen LogP contribution is 2.39. The van der Waals surface area contributed by atoms with Crippen LogP contribution < -0.4 is 15.6 Å². The van der Waals surface area contributed by atoms with Crippen LogP contribution in [0.25, 0.3) is 0 Å². The number of quaternary nitrogens is 1.